The van der Waals surface area contributed by atoms with Crippen molar-refractivity contribution in [3.05, 3.63) is 59.7 Å². The molecule has 2 N–H and O–H groups in total. The molecule has 1 fully saturated rings. The molecule has 2 aromatic carbocycles. The first-order chi connectivity index (χ1) is 25.7. The smallest absolute Gasteiger partial charge is 0.408 e. The summed E-state index contributed by atoms with van der Waals surface area (Å²) in [6.07, 6.45) is -7.76. The Kier molecular flexibility index (Phi) is 13.9. The summed E-state index contributed by atoms with van der Waals surface area (Å²) in [6, 6.07) is 12.6. The summed E-state index contributed by atoms with van der Waals surface area (Å²) in [5, 5.41) is 5.07. The minimum absolute atomic E-state index is 0.0832. The molecule has 0 spiro atoms. The lowest BCUT2D eigenvalue weighted by atomic mass is 9.96. The number of esters is 4. The number of rotatable bonds is 12. The van der Waals surface area contributed by atoms with Crippen molar-refractivity contribution in [2.24, 2.45) is 0 Å². The lowest BCUT2D eigenvalue weighted by Gasteiger charge is -2.45. The number of fused-ring (bicyclic) bond motifs is 3. The third kappa shape index (κ3) is 12.1. The number of carbonyl (C=O) groups excluding carboxylic acids is 6. The molecule has 16 nitrogen and oxygen atoms in total. The maximum Gasteiger partial charge on any atom is 0.408 e. The number of hydrogen-bond donors (Lipinski definition) is 2. The lowest BCUT2D eigenvalue weighted by Crippen LogP contribution is -2.67. The summed E-state index contributed by atoms with van der Waals surface area (Å²) in [5.41, 5.74) is 2.07. The monoisotopic (exact) mass is 770 g/mol. The second-order valence-corrected chi connectivity index (χ2v) is 15.1. The zero-order chi connectivity index (χ0) is 40.7. The van der Waals surface area contributed by atoms with Gasteiger partial charge in [-0.3, -0.25) is 14.4 Å². The van der Waals surface area contributed by atoms with Crippen molar-refractivity contribution < 1.29 is 66.7 Å². The highest BCUT2D eigenvalue weighted by Crippen LogP contribution is 2.44. The van der Waals surface area contributed by atoms with Gasteiger partial charge in [0, 0.05) is 26.7 Å². The van der Waals surface area contributed by atoms with E-state index in [9.17, 15) is 28.8 Å². The highest BCUT2D eigenvalue weighted by atomic mass is 16.7. The SMILES string of the molecule is CC(=O)OC[C@H]1O[C@H](OC[C@H](NC(=O)OC(C)(C)C)C(=O)OC(C)(C)C)[C@H](NC(=O)OCC2c3ccccc3-c3ccccc32)[C@@H](OC(C)=O)[C@H]1OC(C)=O. The topological polar surface area (TPSA) is 200 Å². The third-order valence-corrected chi connectivity index (χ3v) is 8.14. The zero-order valence-electron chi connectivity index (χ0n) is 32.5. The van der Waals surface area contributed by atoms with Gasteiger partial charge in [0.2, 0.25) is 0 Å². The maximum absolute atomic E-state index is 13.7. The molecule has 2 aromatic rings. The lowest BCUT2D eigenvalue weighted by molar-refractivity contribution is -0.278. The van der Waals surface area contributed by atoms with Gasteiger partial charge in [-0.05, 0) is 63.8 Å². The van der Waals surface area contributed by atoms with Crippen LogP contribution in [0.3, 0.4) is 0 Å². The number of benzene rings is 2. The fourth-order valence-electron chi connectivity index (χ4n) is 6.16. The van der Waals surface area contributed by atoms with Crippen LogP contribution in [0, 0.1) is 0 Å². The molecule has 4 rings (SSSR count). The molecule has 0 bridgehead atoms. The Hall–Kier alpha value is -5.22. The molecule has 2 amide bonds. The molecule has 16 heteroatoms. The van der Waals surface area contributed by atoms with E-state index in [0.29, 0.717) is 0 Å². The van der Waals surface area contributed by atoms with Crippen molar-refractivity contribution in [1.29, 1.82) is 0 Å². The van der Waals surface area contributed by atoms with Gasteiger partial charge in [0.05, 0.1) is 6.61 Å². The standard InChI is InChI=1S/C39H50N2O14/c1-21(42)48-20-30-32(51-22(2)43)33(52-23(3)44)31(35(53-30)49-19-29(34(45)54-38(4,5)6)40-37(47)55-39(7,8)9)41-36(46)50-18-28-26-16-12-10-14-24(26)25-15-11-13-17-27(25)28/h10-17,28-33,35H,18-20H2,1-9H3,(H,40,47)(H,41,46)/t29-,30+,31+,32-,33+,35-/m0/s1. The van der Waals surface area contributed by atoms with Gasteiger partial charge in [-0.15, -0.1) is 0 Å². The second-order valence-electron chi connectivity index (χ2n) is 15.1. The van der Waals surface area contributed by atoms with E-state index in [0.717, 1.165) is 43.0 Å². The largest absolute Gasteiger partial charge is 0.463 e. The number of amides is 2. The van der Waals surface area contributed by atoms with E-state index in [-0.39, 0.29) is 12.5 Å². The van der Waals surface area contributed by atoms with E-state index in [1.807, 2.05) is 48.5 Å². The Morgan fingerprint density at radius 3 is 1.76 bits per heavy atom. The van der Waals surface area contributed by atoms with Crippen LogP contribution in [-0.2, 0) is 57.1 Å². The first kappa shape index (κ1) is 42.5. The van der Waals surface area contributed by atoms with E-state index < -0.39 is 97.2 Å². The molecule has 1 saturated heterocycles. The van der Waals surface area contributed by atoms with Crippen LogP contribution in [0.15, 0.2) is 48.5 Å². The molecule has 1 aliphatic heterocycles. The van der Waals surface area contributed by atoms with E-state index in [4.69, 9.17) is 37.9 Å². The zero-order valence-corrected chi connectivity index (χ0v) is 32.5. The fraction of sp³-hybridized carbons (Fsp3) is 0.538. The van der Waals surface area contributed by atoms with Crippen molar-refractivity contribution in [2.75, 3.05) is 19.8 Å². The third-order valence-electron chi connectivity index (χ3n) is 8.14. The second kappa shape index (κ2) is 17.9. The van der Waals surface area contributed by atoms with Crippen LogP contribution in [-0.4, -0.2) is 104 Å². The van der Waals surface area contributed by atoms with Gasteiger partial charge in [-0.2, -0.15) is 0 Å². The van der Waals surface area contributed by atoms with E-state index in [1.54, 1.807) is 41.5 Å². The highest BCUT2D eigenvalue weighted by molar-refractivity contribution is 5.82. The van der Waals surface area contributed by atoms with Gasteiger partial charge in [-0.1, -0.05) is 48.5 Å². The first-order valence-electron chi connectivity index (χ1n) is 17.8. The Bertz CT molecular complexity index is 1690. The minimum atomic E-state index is -1.59. The van der Waals surface area contributed by atoms with Crippen LogP contribution >= 0.6 is 0 Å². The van der Waals surface area contributed by atoms with Gasteiger partial charge >= 0.3 is 36.1 Å². The highest BCUT2D eigenvalue weighted by Gasteiger charge is 2.52. The number of carbonyl (C=O) groups is 6. The number of nitrogens with one attached hydrogen (secondary N) is 2. The van der Waals surface area contributed by atoms with Crippen LogP contribution in [0.2, 0.25) is 0 Å². The number of ether oxygens (including phenoxy) is 8. The van der Waals surface area contributed by atoms with Crippen LogP contribution < -0.4 is 10.6 Å². The van der Waals surface area contributed by atoms with Crippen LogP contribution in [0.1, 0.15) is 79.4 Å². The van der Waals surface area contributed by atoms with Crippen LogP contribution in [0.5, 0.6) is 0 Å². The maximum atomic E-state index is 13.7. The predicted molar refractivity (Wildman–Crippen MR) is 193 cm³/mol. The fourth-order valence-corrected chi connectivity index (χ4v) is 6.16. The van der Waals surface area contributed by atoms with Crippen molar-refractivity contribution in [3.63, 3.8) is 0 Å². The average molecular weight is 771 g/mol. The van der Waals surface area contributed by atoms with E-state index >= 15 is 0 Å². The summed E-state index contributed by atoms with van der Waals surface area (Å²) in [5.74, 6) is -3.51. The summed E-state index contributed by atoms with van der Waals surface area (Å²) >= 11 is 0. The Balaban J connectivity index is 1.65. The summed E-state index contributed by atoms with van der Waals surface area (Å²) in [7, 11) is 0. The minimum Gasteiger partial charge on any atom is -0.463 e. The Morgan fingerprint density at radius 2 is 1.24 bits per heavy atom. The molecule has 300 valence electrons. The van der Waals surface area contributed by atoms with Gasteiger partial charge < -0.3 is 48.5 Å². The molecule has 0 saturated carbocycles. The molecule has 0 aromatic heterocycles. The Labute approximate surface area is 319 Å². The first-order valence-corrected chi connectivity index (χ1v) is 17.8. The van der Waals surface area contributed by atoms with Gasteiger partial charge in [0.15, 0.2) is 24.5 Å². The van der Waals surface area contributed by atoms with Crippen LogP contribution in [0.25, 0.3) is 11.1 Å². The quantitative estimate of drug-likeness (QED) is 0.229. The van der Waals surface area contributed by atoms with Gasteiger partial charge in [-0.25, -0.2) is 14.4 Å². The van der Waals surface area contributed by atoms with Crippen molar-refractivity contribution >= 4 is 36.1 Å². The molecular weight excluding hydrogens is 720 g/mol. The van der Waals surface area contributed by atoms with Gasteiger partial charge in [0.25, 0.3) is 0 Å². The normalized spacial score (nSPS) is 21.1. The summed E-state index contributed by atoms with van der Waals surface area (Å²) in [4.78, 5) is 76.4. The Morgan fingerprint density at radius 1 is 0.691 bits per heavy atom. The van der Waals surface area contributed by atoms with Crippen molar-refractivity contribution in [3.8, 4) is 11.1 Å². The molecule has 1 aliphatic carbocycles. The van der Waals surface area contributed by atoms with E-state index in [1.165, 1.54) is 0 Å². The number of alkyl carbamates (subject to hydrolysis) is 2. The van der Waals surface area contributed by atoms with Crippen molar-refractivity contribution in [1.82, 2.24) is 10.6 Å². The molecule has 6 atom stereocenters. The molecular formula is C39H50N2O14. The summed E-state index contributed by atoms with van der Waals surface area (Å²) < 4.78 is 45.1. The van der Waals surface area contributed by atoms with Crippen LogP contribution in [0.4, 0.5) is 9.59 Å². The van der Waals surface area contributed by atoms with Crippen molar-refractivity contribution in [2.45, 2.75) is 116 Å². The van der Waals surface area contributed by atoms with Gasteiger partial charge in [0.1, 0.15) is 36.6 Å². The molecule has 55 heavy (non-hydrogen) atoms. The molecule has 0 radical (unpaired) electrons. The molecule has 0 unspecified atom stereocenters. The molecule has 1 heterocycles. The summed E-state index contributed by atoms with van der Waals surface area (Å²) in [6.45, 7) is 12.0. The molecule has 2 aliphatic rings. The predicted octanol–water partition coefficient (Wildman–Crippen LogP) is 4.30. The van der Waals surface area contributed by atoms with E-state index in [2.05, 4.69) is 10.6 Å². The number of hydrogen-bond acceptors (Lipinski definition) is 14. The average Bonchev–Trinajstić information content (AvgIpc) is 3.38.